The van der Waals surface area contributed by atoms with E-state index in [1.54, 1.807) is 12.1 Å². The second-order valence-electron chi connectivity index (χ2n) is 8.19. The van der Waals surface area contributed by atoms with Crippen LogP contribution in [-0.2, 0) is 11.3 Å². The Morgan fingerprint density at radius 2 is 1.68 bits per heavy atom. The summed E-state index contributed by atoms with van der Waals surface area (Å²) in [6, 6.07) is 23.3. The minimum Gasteiger partial charge on any atom is -0.354 e. The van der Waals surface area contributed by atoms with Crippen LogP contribution in [0.15, 0.2) is 72.8 Å². The Balaban J connectivity index is 1.72. The van der Waals surface area contributed by atoms with Crippen molar-refractivity contribution in [2.24, 2.45) is 0 Å². The molecule has 1 heterocycles. The van der Waals surface area contributed by atoms with Gasteiger partial charge in [0.1, 0.15) is 0 Å². The van der Waals surface area contributed by atoms with Crippen molar-refractivity contribution in [2.75, 3.05) is 23.7 Å². The average Bonchev–Trinajstić information content (AvgIpc) is 3.20. The molecular formula is C28H30N4O2. The number of amides is 2. The highest BCUT2D eigenvalue weighted by Crippen LogP contribution is 2.38. The first-order chi connectivity index (χ1) is 16.6. The van der Waals surface area contributed by atoms with Crippen LogP contribution in [0.4, 0.5) is 11.4 Å². The van der Waals surface area contributed by atoms with Crippen molar-refractivity contribution in [3.8, 4) is 0 Å². The van der Waals surface area contributed by atoms with E-state index in [2.05, 4.69) is 40.3 Å². The average molecular weight is 455 g/mol. The summed E-state index contributed by atoms with van der Waals surface area (Å²) in [5.74, 6) is -0.341. The Labute approximate surface area is 200 Å². The molecule has 6 nitrogen and oxygen atoms in total. The van der Waals surface area contributed by atoms with E-state index >= 15 is 0 Å². The number of hydrogen-bond donors (Lipinski definition) is 4. The first-order valence-electron chi connectivity index (χ1n) is 11.7. The van der Waals surface area contributed by atoms with Crippen LogP contribution >= 0.6 is 0 Å². The van der Waals surface area contributed by atoms with Crippen molar-refractivity contribution in [1.29, 1.82) is 0 Å². The smallest absolute Gasteiger partial charge is 0.258 e. The van der Waals surface area contributed by atoms with E-state index in [9.17, 15) is 9.59 Å². The van der Waals surface area contributed by atoms with E-state index in [4.69, 9.17) is 0 Å². The number of benzene rings is 3. The molecule has 0 fully saturated rings. The highest BCUT2D eigenvalue weighted by molar-refractivity contribution is 6.37. The Morgan fingerprint density at radius 3 is 2.38 bits per heavy atom. The molecule has 0 atom stereocenters. The lowest BCUT2D eigenvalue weighted by Gasteiger charge is -2.15. The topological polar surface area (TPSA) is 82.3 Å². The number of carbonyl (C=O) groups excluding carboxylic acids is 2. The molecule has 0 saturated heterocycles. The first-order valence-corrected chi connectivity index (χ1v) is 11.7. The zero-order valence-corrected chi connectivity index (χ0v) is 19.6. The molecule has 1 aliphatic rings. The van der Waals surface area contributed by atoms with Crippen molar-refractivity contribution in [1.82, 2.24) is 10.6 Å². The fraction of sp³-hybridized carbons (Fsp3) is 0.214. The van der Waals surface area contributed by atoms with E-state index < -0.39 is 0 Å². The Morgan fingerprint density at radius 1 is 0.912 bits per heavy atom. The number of carbonyl (C=O) groups is 2. The van der Waals surface area contributed by atoms with Gasteiger partial charge in [0, 0.05) is 35.6 Å². The van der Waals surface area contributed by atoms with Crippen LogP contribution in [-0.4, -0.2) is 24.9 Å². The fourth-order valence-electron chi connectivity index (χ4n) is 3.91. The highest BCUT2D eigenvalue weighted by Gasteiger charge is 2.29. The lowest BCUT2D eigenvalue weighted by Crippen LogP contribution is -2.23. The van der Waals surface area contributed by atoms with Gasteiger partial charge in [-0.15, -0.1) is 0 Å². The normalized spacial score (nSPS) is 13.8. The van der Waals surface area contributed by atoms with Crippen molar-refractivity contribution >= 4 is 34.5 Å². The van der Waals surface area contributed by atoms with Gasteiger partial charge in [-0.1, -0.05) is 62.4 Å². The maximum Gasteiger partial charge on any atom is 0.258 e. The van der Waals surface area contributed by atoms with Crippen molar-refractivity contribution in [2.45, 2.75) is 26.8 Å². The molecule has 0 aliphatic carbocycles. The predicted molar refractivity (Wildman–Crippen MR) is 138 cm³/mol. The Hall–Kier alpha value is -3.90. The van der Waals surface area contributed by atoms with Crippen molar-refractivity contribution in [3.63, 3.8) is 0 Å². The molecule has 0 spiro atoms. The molecule has 1 aliphatic heterocycles. The highest BCUT2D eigenvalue weighted by atomic mass is 16.2. The van der Waals surface area contributed by atoms with Crippen LogP contribution < -0.4 is 21.3 Å². The van der Waals surface area contributed by atoms with Crippen LogP contribution in [0.5, 0.6) is 0 Å². The van der Waals surface area contributed by atoms with Crippen LogP contribution in [0.2, 0.25) is 0 Å². The fourth-order valence-corrected chi connectivity index (χ4v) is 3.91. The molecule has 0 bridgehead atoms. The van der Waals surface area contributed by atoms with Gasteiger partial charge in [0.2, 0.25) is 0 Å². The summed E-state index contributed by atoms with van der Waals surface area (Å²) in [5, 5.41) is 12.6. The number of nitrogens with one attached hydrogen (secondary N) is 4. The maximum absolute atomic E-state index is 13.1. The van der Waals surface area contributed by atoms with Gasteiger partial charge in [0.15, 0.2) is 0 Å². The maximum atomic E-state index is 13.1. The van der Waals surface area contributed by atoms with E-state index in [1.807, 2.05) is 55.5 Å². The monoisotopic (exact) mass is 454 g/mol. The second-order valence-corrected chi connectivity index (χ2v) is 8.19. The van der Waals surface area contributed by atoms with E-state index in [0.717, 1.165) is 42.0 Å². The number of anilines is 2. The van der Waals surface area contributed by atoms with E-state index in [1.165, 1.54) is 5.56 Å². The van der Waals surface area contributed by atoms with Crippen molar-refractivity contribution < 1.29 is 9.59 Å². The summed E-state index contributed by atoms with van der Waals surface area (Å²) in [6.07, 6.45) is 0.864. The third-order valence-corrected chi connectivity index (χ3v) is 5.68. The SMILES string of the molecule is CCCNC(=O)c1ccc2c(c1)NC(=O)/C2=C(\Nc1ccc(CNCC)cc1)c1ccccc1. The van der Waals surface area contributed by atoms with Gasteiger partial charge in [-0.2, -0.15) is 0 Å². The zero-order chi connectivity index (χ0) is 23.9. The molecule has 34 heavy (non-hydrogen) atoms. The molecular weight excluding hydrogens is 424 g/mol. The minimum absolute atomic E-state index is 0.143. The summed E-state index contributed by atoms with van der Waals surface area (Å²) in [5.41, 5.74) is 6.20. The number of hydrogen-bond acceptors (Lipinski definition) is 4. The quantitative estimate of drug-likeness (QED) is 0.348. The van der Waals surface area contributed by atoms with Crippen LogP contribution in [0, 0.1) is 0 Å². The number of rotatable bonds is 9. The minimum atomic E-state index is -0.198. The summed E-state index contributed by atoms with van der Waals surface area (Å²) < 4.78 is 0. The lowest BCUT2D eigenvalue weighted by atomic mass is 9.98. The van der Waals surface area contributed by atoms with Gasteiger partial charge < -0.3 is 21.3 Å². The molecule has 0 radical (unpaired) electrons. The van der Waals surface area contributed by atoms with E-state index in [-0.39, 0.29) is 11.8 Å². The summed E-state index contributed by atoms with van der Waals surface area (Å²) in [7, 11) is 0. The van der Waals surface area contributed by atoms with E-state index in [0.29, 0.717) is 23.4 Å². The van der Waals surface area contributed by atoms with Gasteiger partial charge in [-0.3, -0.25) is 9.59 Å². The van der Waals surface area contributed by atoms with Crippen LogP contribution in [0.25, 0.3) is 11.3 Å². The summed E-state index contributed by atoms with van der Waals surface area (Å²) >= 11 is 0. The van der Waals surface area contributed by atoms with Crippen molar-refractivity contribution in [3.05, 3.63) is 95.1 Å². The zero-order valence-electron chi connectivity index (χ0n) is 19.6. The molecule has 3 aromatic carbocycles. The molecule has 4 N–H and O–H groups in total. The Kier molecular flexibility index (Phi) is 7.40. The lowest BCUT2D eigenvalue weighted by molar-refractivity contribution is -0.110. The van der Waals surface area contributed by atoms with Crippen LogP contribution in [0.3, 0.4) is 0 Å². The van der Waals surface area contributed by atoms with Crippen LogP contribution in [0.1, 0.15) is 47.3 Å². The molecule has 174 valence electrons. The largest absolute Gasteiger partial charge is 0.354 e. The molecule has 4 rings (SSSR count). The molecule has 2 amide bonds. The second kappa shape index (κ2) is 10.8. The molecule has 0 aromatic heterocycles. The summed E-state index contributed by atoms with van der Waals surface area (Å²) in [6.45, 7) is 6.43. The number of fused-ring (bicyclic) bond motifs is 1. The third-order valence-electron chi connectivity index (χ3n) is 5.68. The molecule has 0 unspecified atom stereocenters. The van der Waals surface area contributed by atoms with Gasteiger partial charge in [0.05, 0.1) is 11.3 Å². The Bertz CT molecular complexity index is 1200. The van der Waals surface area contributed by atoms with Gasteiger partial charge in [-0.05, 0) is 48.4 Å². The van der Waals surface area contributed by atoms with Gasteiger partial charge in [0.25, 0.3) is 11.8 Å². The predicted octanol–water partition coefficient (Wildman–Crippen LogP) is 4.87. The third kappa shape index (κ3) is 5.18. The van der Waals surface area contributed by atoms with Gasteiger partial charge >= 0.3 is 0 Å². The standard InChI is InChI=1S/C28H30N4O2/c1-3-16-30-27(33)21-12-15-23-24(17-21)32-28(34)25(23)26(20-8-6-5-7-9-20)31-22-13-10-19(11-14-22)18-29-4-2/h5-15,17,29,31H,3-4,16,18H2,1-2H3,(H,30,33)(H,32,34)/b26-25-. The molecule has 0 saturated carbocycles. The molecule has 3 aromatic rings. The first kappa shape index (κ1) is 23.3. The summed E-state index contributed by atoms with van der Waals surface area (Å²) in [4.78, 5) is 25.5. The van der Waals surface area contributed by atoms with Gasteiger partial charge in [-0.25, -0.2) is 0 Å². The molecule has 6 heteroatoms.